The lowest BCUT2D eigenvalue weighted by Crippen LogP contribution is -2.41. The van der Waals surface area contributed by atoms with Gasteiger partial charge in [-0.1, -0.05) is 48.5 Å². The molecule has 0 unspecified atom stereocenters. The van der Waals surface area contributed by atoms with E-state index in [9.17, 15) is 9.59 Å². The van der Waals surface area contributed by atoms with Crippen molar-refractivity contribution in [1.29, 1.82) is 0 Å². The highest BCUT2D eigenvalue weighted by atomic mass is 35.5. The predicted molar refractivity (Wildman–Crippen MR) is 70.8 cm³/mol. The molecular formula is C13H14ClNO4. The topological polar surface area (TPSA) is 75.6 Å². The van der Waals surface area contributed by atoms with Crippen molar-refractivity contribution in [2.24, 2.45) is 0 Å². The van der Waals surface area contributed by atoms with Gasteiger partial charge < -0.3 is 15.2 Å². The number of alkyl carbamates (subject to hydrolysis) is 1. The zero-order chi connectivity index (χ0) is 14.3. The van der Waals surface area contributed by atoms with Gasteiger partial charge in [0.15, 0.2) is 0 Å². The van der Waals surface area contributed by atoms with Gasteiger partial charge in [-0.25, -0.2) is 9.59 Å². The molecule has 6 heteroatoms. The van der Waals surface area contributed by atoms with Gasteiger partial charge in [-0.05, 0) is 5.56 Å². The van der Waals surface area contributed by atoms with E-state index < -0.39 is 18.1 Å². The highest BCUT2D eigenvalue weighted by Crippen LogP contribution is 2.08. The lowest BCUT2D eigenvalue weighted by atomic mass is 10.2. The van der Waals surface area contributed by atoms with Crippen molar-refractivity contribution in [2.45, 2.75) is 19.1 Å². The van der Waals surface area contributed by atoms with Crippen LogP contribution >= 0.6 is 11.6 Å². The Kier molecular flexibility index (Phi) is 5.89. The van der Waals surface area contributed by atoms with Gasteiger partial charge >= 0.3 is 12.1 Å². The molecular weight excluding hydrogens is 270 g/mol. The SMILES string of the molecule is C=C(Cl)C[C@H](NC(=O)OCc1ccccc1)C(=O)O. The van der Waals surface area contributed by atoms with Gasteiger partial charge in [0.2, 0.25) is 0 Å². The summed E-state index contributed by atoms with van der Waals surface area (Å²) in [5, 5.41) is 11.2. The maximum Gasteiger partial charge on any atom is 0.408 e. The van der Waals surface area contributed by atoms with Gasteiger partial charge in [-0.3, -0.25) is 0 Å². The normalized spacial score (nSPS) is 11.4. The lowest BCUT2D eigenvalue weighted by Gasteiger charge is -2.13. The minimum absolute atomic E-state index is 0.0582. The summed E-state index contributed by atoms with van der Waals surface area (Å²) in [6, 6.07) is 7.91. The smallest absolute Gasteiger partial charge is 0.408 e. The largest absolute Gasteiger partial charge is 0.480 e. The summed E-state index contributed by atoms with van der Waals surface area (Å²) in [7, 11) is 0. The maximum atomic E-state index is 11.4. The molecule has 1 rings (SSSR count). The Morgan fingerprint density at radius 1 is 1.37 bits per heavy atom. The number of carbonyl (C=O) groups excluding carboxylic acids is 1. The number of carboxylic acids is 1. The van der Waals surface area contributed by atoms with Crippen molar-refractivity contribution in [2.75, 3.05) is 0 Å². The third kappa shape index (κ3) is 5.92. The van der Waals surface area contributed by atoms with E-state index in [-0.39, 0.29) is 18.1 Å². The Morgan fingerprint density at radius 3 is 2.53 bits per heavy atom. The van der Waals surface area contributed by atoms with Crippen LogP contribution in [-0.4, -0.2) is 23.2 Å². The van der Waals surface area contributed by atoms with Crippen molar-refractivity contribution >= 4 is 23.7 Å². The van der Waals surface area contributed by atoms with E-state index in [0.29, 0.717) is 0 Å². The molecule has 0 radical (unpaired) electrons. The van der Waals surface area contributed by atoms with Gasteiger partial charge in [-0.2, -0.15) is 0 Å². The number of halogens is 1. The van der Waals surface area contributed by atoms with Gasteiger partial charge in [0, 0.05) is 11.5 Å². The number of carboxylic acid groups (broad SMARTS) is 1. The molecule has 0 heterocycles. The van der Waals surface area contributed by atoms with Crippen LogP contribution in [0, 0.1) is 0 Å². The zero-order valence-corrected chi connectivity index (χ0v) is 10.9. The van der Waals surface area contributed by atoms with Crippen LogP contribution in [0.1, 0.15) is 12.0 Å². The Labute approximate surface area is 115 Å². The zero-order valence-electron chi connectivity index (χ0n) is 10.1. The maximum absolute atomic E-state index is 11.4. The van der Waals surface area contributed by atoms with Crippen LogP contribution < -0.4 is 5.32 Å². The molecule has 0 saturated carbocycles. The van der Waals surface area contributed by atoms with Crippen LogP contribution in [0.4, 0.5) is 4.79 Å². The Hall–Kier alpha value is -2.01. The summed E-state index contributed by atoms with van der Waals surface area (Å²) in [6.45, 7) is 3.46. The van der Waals surface area contributed by atoms with Crippen LogP contribution in [0.25, 0.3) is 0 Å². The Balaban J connectivity index is 2.45. The number of amides is 1. The second-order valence-electron chi connectivity index (χ2n) is 3.82. The molecule has 102 valence electrons. The van der Waals surface area contributed by atoms with E-state index >= 15 is 0 Å². The molecule has 0 bridgehead atoms. The molecule has 1 amide bonds. The number of aliphatic carboxylic acids is 1. The number of ether oxygens (including phenoxy) is 1. The Bertz CT molecular complexity index is 461. The quantitative estimate of drug-likeness (QED) is 0.841. The standard InChI is InChI=1S/C13H14ClNO4/c1-9(14)7-11(12(16)17)15-13(18)19-8-10-5-3-2-4-6-10/h2-6,11H,1,7-8H2,(H,15,18)(H,16,17)/t11-/m0/s1. The summed E-state index contributed by atoms with van der Waals surface area (Å²) in [5.74, 6) is -1.20. The molecule has 2 N–H and O–H groups in total. The minimum Gasteiger partial charge on any atom is -0.480 e. The molecule has 5 nitrogen and oxygen atoms in total. The molecule has 0 aliphatic carbocycles. The van der Waals surface area contributed by atoms with E-state index in [0.717, 1.165) is 5.56 Å². The number of nitrogens with one attached hydrogen (secondary N) is 1. The van der Waals surface area contributed by atoms with Gasteiger partial charge in [-0.15, -0.1) is 0 Å². The van der Waals surface area contributed by atoms with E-state index in [1.165, 1.54) is 0 Å². The molecule has 19 heavy (non-hydrogen) atoms. The first-order valence-electron chi connectivity index (χ1n) is 5.52. The van der Waals surface area contributed by atoms with Crippen LogP contribution in [0.5, 0.6) is 0 Å². The summed E-state index contributed by atoms with van der Waals surface area (Å²) in [6.07, 6.45) is -0.869. The van der Waals surface area contributed by atoms with E-state index in [1.54, 1.807) is 12.1 Å². The second kappa shape index (κ2) is 7.43. The van der Waals surface area contributed by atoms with E-state index in [2.05, 4.69) is 11.9 Å². The fraction of sp³-hybridized carbons (Fsp3) is 0.231. The lowest BCUT2D eigenvalue weighted by molar-refractivity contribution is -0.139. The van der Waals surface area contributed by atoms with Crippen molar-refractivity contribution < 1.29 is 19.4 Å². The average Bonchev–Trinajstić information content (AvgIpc) is 2.36. The molecule has 0 fully saturated rings. The molecule has 0 saturated heterocycles. The van der Waals surface area contributed by atoms with Crippen molar-refractivity contribution in [3.8, 4) is 0 Å². The number of rotatable bonds is 6. The van der Waals surface area contributed by atoms with Crippen LogP contribution in [-0.2, 0) is 16.1 Å². The van der Waals surface area contributed by atoms with Crippen LogP contribution in [0.3, 0.4) is 0 Å². The minimum atomic E-state index is -1.20. The first kappa shape index (κ1) is 15.0. The molecule has 1 aromatic rings. The third-order valence-corrected chi connectivity index (χ3v) is 2.38. The van der Waals surface area contributed by atoms with Gasteiger partial charge in [0.05, 0.1) is 0 Å². The fourth-order valence-electron chi connectivity index (χ4n) is 1.33. The monoisotopic (exact) mass is 283 g/mol. The Morgan fingerprint density at radius 2 is 2.00 bits per heavy atom. The van der Waals surface area contributed by atoms with Crippen LogP contribution in [0.2, 0.25) is 0 Å². The summed E-state index contributed by atoms with van der Waals surface area (Å²) < 4.78 is 4.90. The first-order valence-corrected chi connectivity index (χ1v) is 5.90. The molecule has 0 aromatic heterocycles. The molecule has 0 aliphatic rings. The molecule has 1 atom stereocenters. The van der Waals surface area contributed by atoms with E-state index in [4.69, 9.17) is 21.4 Å². The average molecular weight is 284 g/mol. The van der Waals surface area contributed by atoms with E-state index in [1.807, 2.05) is 18.2 Å². The van der Waals surface area contributed by atoms with Gasteiger partial charge in [0.25, 0.3) is 0 Å². The highest BCUT2D eigenvalue weighted by molar-refractivity contribution is 6.29. The third-order valence-electron chi connectivity index (χ3n) is 2.23. The van der Waals surface area contributed by atoms with Crippen molar-refractivity contribution in [3.63, 3.8) is 0 Å². The number of carbonyl (C=O) groups is 2. The summed E-state index contributed by atoms with van der Waals surface area (Å²) >= 11 is 5.52. The predicted octanol–water partition coefficient (Wildman–Crippen LogP) is 2.51. The molecule has 0 aliphatic heterocycles. The summed E-state index contributed by atoms with van der Waals surface area (Å²) in [4.78, 5) is 22.3. The number of hydrogen-bond donors (Lipinski definition) is 2. The van der Waals surface area contributed by atoms with Gasteiger partial charge in [0.1, 0.15) is 12.6 Å². The number of benzene rings is 1. The van der Waals surface area contributed by atoms with Crippen molar-refractivity contribution in [3.05, 3.63) is 47.5 Å². The summed E-state index contributed by atoms with van der Waals surface area (Å²) in [5.41, 5.74) is 0.811. The van der Waals surface area contributed by atoms with Crippen LogP contribution in [0.15, 0.2) is 41.9 Å². The highest BCUT2D eigenvalue weighted by Gasteiger charge is 2.21. The second-order valence-corrected chi connectivity index (χ2v) is 4.35. The molecule has 0 spiro atoms. The first-order chi connectivity index (χ1) is 8.99. The molecule has 1 aromatic carbocycles. The fourth-order valence-corrected chi connectivity index (χ4v) is 1.48. The number of hydrogen-bond acceptors (Lipinski definition) is 3. The van der Waals surface area contributed by atoms with Crippen molar-refractivity contribution in [1.82, 2.24) is 5.32 Å².